The van der Waals surface area contributed by atoms with Gasteiger partial charge in [0, 0.05) is 11.6 Å². The number of unbranched alkanes of at least 4 members (excludes halogenated alkanes) is 5. The molecule has 0 heterocycles. The van der Waals surface area contributed by atoms with E-state index in [1.54, 1.807) is 0 Å². The van der Waals surface area contributed by atoms with Crippen LogP contribution in [0.3, 0.4) is 0 Å². The zero-order valence-electron chi connectivity index (χ0n) is 12.9. The summed E-state index contributed by atoms with van der Waals surface area (Å²) >= 11 is 5.19. The Hall–Kier alpha value is -1.29. The van der Waals surface area contributed by atoms with E-state index in [0.29, 0.717) is 17.9 Å². The van der Waals surface area contributed by atoms with Crippen molar-refractivity contribution in [2.75, 3.05) is 12.5 Å². The molecule has 0 aromatic carbocycles. The smallest absolute Gasteiger partial charge is 0.330 e. The van der Waals surface area contributed by atoms with Crippen molar-refractivity contribution >= 4 is 23.5 Å². The Balaban J connectivity index is 0. The molecule has 0 amide bonds. The number of rotatable bonds is 11. The average molecular weight is 319 g/mol. The fourth-order valence-corrected chi connectivity index (χ4v) is 1.50. The first kappa shape index (κ1) is 22.0. The average Bonchev–Trinajstić information content (AvgIpc) is 2.48. The number of alkyl halides is 1. The summed E-state index contributed by atoms with van der Waals surface area (Å²) < 4.78 is 4.45. The number of ether oxygens (including phenoxy) is 1. The Morgan fingerprint density at radius 3 is 2.24 bits per heavy atom. The van der Waals surface area contributed by atoms with Crippen molar-refractivity contribution < 1.29 is 19.4 Å². The van der Waals surface area contributed by atoms with Gasteiger partial charge in [0.05, 0.1) is 5.88 Å². The van der Waals surface area contributed by atoms with Crippen LogP contribution in [0, 0.1) is 0 Å². The van der Waals surface area contributed by atoms with Crippen LogP contribution in [-0.4, -0.2) is 29.5 Å². The minimum atomic E-state index is -0.853. The number of carboxylic acid groups (broad SMARTS) is 1. The first-order valence-corrected chi connectivity index (χ1v) is 7.79. The number of aliphatic carboxylic acids is 1. The summed E-state index contributed by atoms with van der Waals surface area (Å²) in [6, 6.07) is 0. The first-order chi connectivity index (χ1) is 9.99. The van der Waals surface area contributed by atoms with Gasteiger partial charge in [-0.25, -0.2) is 9.59 Å². The Labute approximate surface area is 132 Å². The van der Waals surface area contributed by atoms with Crippen LogP contribution in [0.4, 0.5) is 0 Å². The largest absolute Gasteiger partial charge is 0.478 e. The molecular weight excluding hydrogens is 292 g/mol. The van der Waals surface area contributed by atoms with Crippen LogP contribution in [0.15, 0.2) is 24.8 Å². The first-order valence-electron chi connectivity index (χ1n) is 7.25. The van der Waals surface area contributed by atoms with Crippen LogP contribution in [-0.2, 0) is 14.3 Å². The number of hydrogen-bond donors (Lipinski definition) is 1. The van der Waals surface area contributed by atoms with Gasteiger partial charge < -0.3 is 9.84 Å². The number of carbonyl (C=O) groups excluding carboxylic acids is 1. The molecule has 122 valence electrons. The van der Waals surface area contributed by atoms with Gasteiger partial charge in [-0.1, -0.05) is 52.2 Å². The molecule has 0 aliphatic carbocycles. The molecule has 1 N–H and O–H groups in total. The van der Waals surface area contributed by atoms with Crippen LogP contribution in [0.2, 0.25) is 0 Å². The molecule has 0 spiro atoms. The van der Waals surface area contributed by atoms with Gasteiger partial charge in [0.1, 0.15) is 6.61 Å². The third kappa shape index (κ3) is 18.7. The molecule has 0 saturated heterocycles. The minimum Gasteiger partial charge on any atom is -0.478 e. The zero-order valence-corrected chi connectivity index (χ0v) is 13.7. The topological polar surface area (TPSA) is 63.6 Å². The standard InChI is InChI=1S/C11H20O2.C5H7ClO2/c1-3-4-5-6-7-8-9-10(2)11(12)13;1-2-5(7)8-4-3-6/h2-9H2,1H3,(H,12,13);2H,1,3-4H2. The third-order valence-electron chi connectivity index (χ3n) is 2.62. The molecule has 0 aliphatic rings. The summed E-state index contributed by atoms with van der Waals surface area (Å²) in [4.78, 5) is 20.5. The summed E-state index contributed by atoms with van der Waals surface area (Å²) in [6.07, 6.45) is 8.88. The van der Waals surface area contributed by atoms with Gasteiger partial charge in [-0.05, 0) is 12.8 Å². The SMILES string of the molecule is C=C(CCCCCCCC)C(=O)O.C=CC(=O)OCCCl. The van der Waals surface area contributed by atoms with Gasteiger partial charge in [-0.15, -0.1) is 11.6 Å². The van der Waals surface area contributed by atoms with E-state index in [2.05, 4.69) is 24.8 Å². The van der Waals surface area contributed by atoms with Crippen molar-refractivity contribution in [2.45, 2.75) is 51.9 Å². The Morgan fingerprint density at radius 1 is 1.19 bits per heavy atom. The second kappa shape index (κ2) is 16.8. The lowest BCUT2D eigenvalue weighted by molar-refractivity contribution is -0.137. The summed E-state index contributed by atoms with van der Waals surface area (Å²) in [7, 11) is 0. The quantitative estimate of drug-likeness (QED) is 0.266. The van der Waals surface area contributed by atoms with Crippen molar-refractivity contribution in [1.29, 1.82) is 0 Å². The van der Waals surface area contributed by atoms with E-state index < -0.39 is 11.9 Å². The fourth-order valence-electron chi connectivity index (χ4n) is 1.42. The maximum absolute atomic E-state index is 10.4. The van der Waals surface area contributed by atoms with Gasteiger partial charge in [0.15, 0.2) is 0 Å². The number of halogens is 1. The molecule has 0 radical (unpaired) electrons. The third-order valence-corrected chi connectivity index (χ3v) is 2.78. The minimum absolute atomic E-state index is 0.256. The van der Waals surface area contributed by atoms with E-state index in [-0.39, 0.29) is 6.61 Å². The molecule has 0 rings (SSSR count). The fraction of sp³-hybridized carbons (Fsp3) is 0.625. The molecule has 0 unspecified atom stereocenters. The maximum atomic E-state index is 10.4. The van der Waals surface area contributed by atoms with E-state index in [4.69, 9.17) is 16.7 Å². The highest BCUT2D eigenvalue weighted by Gasteiger charge is 2.02. The number of carboxylic acids is 1. The molecule has 5 heteroatoms. The van der Waals surface area contributed by atoms with Crippen molar-refractivity contribution in [3.05, 3.63) is 24.8 Å². The molecule has 0 saturated carbocycles. The molecule has 0 aromatic heterocycles. The van der Waals surface area contributed by atoms with E-state index in [0.717, 1.165) is 18.9 Å². The summed E-state index contributed by atoms with van der Waals surface area (Å²) in [5.74, 6) is -0.946. The molecule has 0 fully saturated rings. The van der Waals surface area contributed by atoms with Crippen LogP contribution in [0.5, 0.6) is 0 Å². The van der Waals surface area contributed by atoms with Crippen molar-refractivity contribution in [2.24, 2.45) is 0 Å². The van der Waals surface area contributed by atoms with Crippen molar-refractivity contribution in [1.82, 2.24) is 0 Å². The van der Waals surface area contributed by atoms with E-state index in [9.17, 15) is 9.59 Å². The molecular formula is C16H27ClO4. The Bertz CT molecular complexity index is 313. The van der Waals surface area contributed by atoms with Crippen LogP contribution < -0.4 is 0 Å². The molecule has 0 bridgehead atoms. The summed E-state index contributed by atoms with van der Waals surface area (Å²) in [5, 5.41) is 8.52. The molecule has 21 heavy (non-hydrogen) atoms. The monoisotopic (exact) mass is 318 g/mol. The highest BCUT2D eigenvalue weighted by Crippen LogP contribution is 2.10. The van der Waals surface area contributed by atoms with Gasteiger partial charge in [0.25, 0.3) is 0 Å². The molecule has 4 nitrogen and oxygen atoms in total. The van der Waals surface area contributed by atoms with Crippen LogP contribution in [0.25, 0.3) is 0 Å². The van der Waals surface area contributed by atoms with Gasteiger partial charge in [-0.3, -0.25) is 0 Å². The number of hydrogen-bond acceptors (Lipinski definition) is 3. The molecule has 0 atom stereocenters. The second-order valence-electron chi connectivity index (χ2n) is 4.49. The predicted molar refractivity (Wildman–Crippen MR) is 86.6 cm³/mol. The Morgan fingerprint density at radius 2 is 1.76 bits per heavy atom. The highest BCUT2D eigenvalue weighted by atomic mass is 35.5. The van der Waals surface area contributed by atoms with Gasteiger partial charge >= 0.3 is 11.9 Å². The zero-order chi connectivity index (χ0) is 16.5. The lowest BCUT2D eigenvalue weighted by Crippen LogP contribution is -2.01. The molecule has 0 aliphatic heterocycles. The number of esters is 1. The van der Waals surface area contributed by atoms with Gasteiger partial charge in [-0.2, -0.15) is 0 Å². The van der Waals surface area contributed by atoms with E-state index >= 15 is 0 Å². The maximum Gasteiger partial charge on any atom is 0.330 e. The lowest BCUT2D eigenvalue weighted by atomic mass is 10.1. The summed E-state index contributed by atoms with van der Waals surface area (Å²) in [6.45, 7) is 9.13. The van der Waals surface area contributed by atoms with E-state index in [1.807, 2.05) is 0 Å². The Kier molecular flexibility index (Phi) is 17.6. The highest BCUT2D eigenvalue weighted by molar-refractivity contribution is 6.18. The predicted octanol–water partition coefficient (Wildman–Crippen LogP) is 4.33. The van der Waals surface area contributed by atoms with Crippen LogP contribution >= 0.6 is 11.6 Å². The van der Waals surface area contributed by atoms with E-state index in [1.165, 1.54) is 25.7 Å². The number of carbonyl (C=O) groups is 2. The summed E-state index contributed by atoms with van der Waals surface area (Å²) in [5.41, 5.74) is 0.343. The van der Waals surface area contributed by atoms with Crippen molar-refractivity contribution in [3.63, 3.8) is 0 Å². The van der Waals surface area contributed by atoms with Gasteiger partial charge in [0.2, 0.25) is 0 Å². The molecule has 0 aromatic rings. The second-order valence-corrected chi connectivity index (χ2v) is 4.87. The van der Waals surface area contributed by atoms with Crippen molar-refractivity contribution in [3.8, 4) is 0 Å². The lowest BCUT2D eigenvalue weighted by Gasteiger charge is -2.00. The van der Waals surface area contributed by atoms with Crippen LogP contribution in [0.1, 0.15) is 51.9 Å². The normalized spacial score (nSPS) is 9.24.